The van der Waals surface area contributed by atoms with Gasteiger partial charge in [0.15, 0.2) is 5.65 Å². The van der Waals surface area contributed by atoms with E-state index in [4.69, 9.17) is 10.1 Å². The number of hydrogen-bond donors (Lipinski definition) is 1. The van der Waals surface area contributed by atoms with Crippen molar-refractivity contribution < 1.29 is 4.79 Å². The molecule has 1 aliphatic heterocycles. The molecule has 1 saturated heterocycles. The molecule has 0 aromatic carbocycles. The highest BCUT2D eigenvalue weighted by Crippen LogP contribution is 2.29. The maximum absolute atomic E-state index is 12.4. The highest BCUT2D eigenvalue weighted by molar-refractivity contribution is 5.76. The Labute approximate surface area is 195 Å². The van der Waals surface area contributed by atoms with Crippen molar-refractivity contribution in [1.82, 2.24) is 29.8 Å². The molecule has 1 N–H and O–H groups in total. The Hall–Kier alpha value is -2.80. The largest absolute Gasteiger partial charge is 0.353 e. The van der Waals surface area contributed by atoms with Crippen LogP contribution >= 0.6 is 0 Å². The average Bonchev–Trinajstić information content (AvgIpc) is 3.55. The third-order valence-electron chi connectivity index (χ3n) is 7.35. The number of likely N-dealkylation sites (tertiary alicyclic amines) is 1. The summed E-state index contributed by atoms with van der Waals surface area (Å²) >= 11 is 0. The van der Waals surface area contributed by atoms with Gasteiger partial charge in [-0.25, -0.2) is 9.50 Å². The SMILES string of the molecule is Cc1nc2cc(C3CCN(Cc4ccncc4)C3)nn2c(C)c1CCC(=O)NC1CCCC1. The first-order chi connectivity index (χ1) is 16.1. The molecular formula is C26H34N6O. The van der Waals surface area contributed by atoms with Gasteiger partial charge in [0.05, 0.1) is 5.69 Å². The van der Waals surface area contributed by atoms with Crippen LogP contribution in [-0.2, 0) is 17.8 Å². The molecule has 1 saturated carbocycles. The maximum atomic E-state index is 12.4. The number of carbonyl (C=O) groups excluding carboxylic acids is 1. The maximum Gasteiger partial charge on any atom is 0.220 e. The van der Waals surface area contributed by atoms with Gasteiger partial charge in [0.2, 0.25) is 5.91 Å². The smallest absolute Gasteiger partial charge is 0.220 e. The minimum Gasteiger partial charge on any atom is -0.353 e. The molecule has 0 radical (unpaired) electrons. The van der Waals surface area contributed by atoms with Crippen molar-refractivity contribution in [1.29, 1.82) is 0 Å². The van der Waals surface area contributed by atoms with E-state index in [1.807, 2.05) is 16.9 Å². The lowest BCUT2D eigenvalue weighted by Crippen LogP contribution is -2.32. The zero-order chi connectivity index (χ0) is 22.8. The van der Waals surface area contributed by atoms with Gasteiger partial charge < -0.3 is 5.32 Å². The summed E-state index contributed by atoms with van der Waals surface area (Å²) in [7, 11) is 0. The lowest BCUT2D eigenvalue weighted by Gasteiger charge is -2.15. The van der Waals surface area contributed by atoms with E-state index in [0.717, 1.165) is 67.2 Å². The second-order valence-corrected chi connectivity index (χ2v) is 9.73. The van der Waals surface area contributed by atoms with Gasteiger partial charge in [-0.1, -0.05) is 12.8 Å². The molecule has 1 atom stereocenters. The molecule has 3 aromatic rings. The summed E-state index contributed by atoms with van der Waals surface area (Å²) in [6.07, 6.45) is 10.7. The Morgan fingerprint density at radius 3 is 2.73 bits per heavy atom. The number of amides is 1. The fourth-order valence-corrected chi connectivity index (χ4v) is 5.48. The van der Waals surface area contributed by atoms with Crippen LogP contribution in [0.5, 0.6) is 0 Å². The quantitative estimate of drug-likeness (QED) is 0.599. The van der Waals surface area contributed by atoms with Crippen LogP contribution in [0.15, 0.2) is 30.6 Å². The topological polar surface area (TPSA) is 75.4 Å². The molecular weight excluding hydrogens is 412 g/mol. The monoisotopic (exact) mass is 446 g/mol. The zero-order valence-electron chi connectivity index (χ0n) is 19.8. The van der Waals surface area contributed by atoms with Crippen molar-refractivity contribution in [2.24, 2.45) is 0 Å². The number of aromatic nitrogens is 4. The van der Waals surface area contributed by atoms with E-state index >= 15 is 0 Å². The average molecular weight is 447 g/mol. The molecule has 1 amide bonds. The van der Waals surface area contributed by atoms with E-state index in [1.165, 1.54) is 18.4 Å². The van der Waals surface area contributed by atoms with Crippen LogP contribution in [0.3, 0.4) is 0 Å². The number of rotatable bonds is 7. The molecule has 7 nitrogen and oxygen atoms in total. The molecule has 0 spiro atoms. The number of hydrogen-bond acceptors (Lipinski definition) is 5. The van der Waals surface area contributed by atoms with Crippen LogP contribution in [-0.4, -0.2) is 49.5 Å². The Balaban J connectivity index is 1.26. The summed E-state index contributed by atoms with van der Waals surface area (Å²) < 4.78 is 1.98. The molecule has 5 rings (SSSR count). The first kappa shape index (κ1) is 22.0. The summed E-state index contributed by atoms with van der Waals surface area (Å²) in [6, 6.07) is 6.70. The summed E-state index contributed by atoms with van der Waals surface area (Å²) in [6.45, 7) is 7.20. The number of aryl methyl sites for hydroxylation is 2. The van der Waals surface area contributed by atoms with Gasteiger partial charge in [-0.2, -0.15) is 5.10 Å². The van der Waals surface area contributed by atoms with Crippen LogP contribution in [0.2, 0.25) is 0 Å². The van der Waals surface area contributed by atoms with E-state index in [9.17, 15) is 4.79 Å². The number of carbonyl (C=O) groups is 1. The van der Waals surface area contributed by atoms with E-state index in [0.29, 0.717) is 24.8 Å². The zero-order valence-corrected chi connectivity index (χ0v) is 19.8. The number of fused-ring (bicyclic) bond motifs is 1. The second-order valence-electron chi connectivity index (χ2n) is 9.73. The second kappa shape index (κ2) is 9.59. The van der Waals surface area contributed by atoms with E-state index in [2.05, 4.69) is 47.2 Å². The third kappa shape index (κ3) is 4.93. The fraction of sp³-hybridized carbons (Fsp3) is 0.538. The molecule has 0 bridgehead atoms. The molecule has 3 aromatic heterocycles. The minimum atomic E-state index is 0.155. The van der Waals surface area contributed by atoms with Gasteiger partial charge in [-0.15, -0.1) is 0 Å². The Kier molecular flexibility index (Phi) is 6.40. The van der Waals surface area contributed by atoms with Crippen LogP contribution in [0.1, 0.15) is 72.7 Å². The lowest BCUT2D eigenvalue weighted by molar-refractivity contribution is -0.121. The van der Waals surface area contributed by atoms with Crippen molar-refractivity contribution >= 4 is 11.6 Å². The van der Waals surface area contributed by atoms with Crippen molar-refractivity contribution in [3.8, 4) is 0 Å². The van der Waals surface area contributed by atoms with E-state index in [1.54, 1.807) is 0 Å². The van der Waals surface area contributed by atoms with Gasteiger partial charge in [-0.05, 0) is 69.3 Å². The molecule has 2 aliphatic rings. The Bertz CT molecular complexity index is 1120. The summed E-state index contributed by atoms with van der Waals surface area (Å²) in [4.78, 5) is 23.9. The molecule has 4 heterocycles. The standard InChI is InChI=1S/C26H34N6O/c1-18-23(7-8-26(33)29-22-5-3-4-6-22)19(2)32-25(28-18)15-24(30-32)21-11-14-31(17-21)16-20-9-12-27-13-10-20/h9-10,12-13,15,21-22H,3-8,11,14,16-17H2,1-2H3,(H,29,33). The van der Waals surface area contributed by atoms with E-state index < -0.39 is 0 Å². The molecule has 174 valence electrons. The van der Waals surface area contributed by atoms with Gasteiger partial charge in [0.25, 0.3) is 0 Å². The van der Waals surface area contributed by atoms with Crippen LogP contribution in [0.25, 0.3) is 5.65 Å². The van der Waals surface area contributed by atoms with Gasteiger partial charge in [0.1, 0.15) is 0 Å². The molecule has 7 heteroatoms. The Morgan fingerprint density at radius 2 is 1.94 bits per heavy atom. The van der Waals surface area contributed by atoms with Gasteiger partial charge in [0, 0.05) is 61.3 Å². The Morgan fingerprint density at radius 1 is 1.15 bits per heavy atom. The van der Waals surface area contributed by atoms with Crippen molar-refractivity contribution in [2.75, 3.05) is 13.1 Å². The number of nitrogens with zero attached hydrogens (tertiary/aromatic N) is 5. The highest BCUT2D eigenvalue weighted by atomic mass is 16.1. The van der Waals surface area contributed by atoms with Crippen molar-refractivity contribution in [3.63, 3.8) is 0 Å². The normalized spacial score (nSPS) is 19.5. The molecule has 1 unspecified atom stereocenters. The number of pyridine rings is 1. The van der Waals surface area contributed by atoms with Crippen LogP contribution in [0, 0.1) is 13.8 Å². The van der Waals surface area contributed by atoms with E-state index in [-0.39, 0.29) is 5.91 Å². The fourth-order valence-electron chi connectivity index (χ4n) is 5.48. The van der Waals surface area contributed by atoms with Gasteiger partial charge in [-0.3, -0.25) is 14.7 Å². The first-order valence-corrected chi connectivity index (χ1v) is 12.3. The predicted molar refractivity (Wildman–Crippen MR) is 128 cm³/mol. The van der Waals surface area contributed by atoms with Gasteiger partial charge >= 0.3 is 0 Å². The summed E-state index contributed by atoms with van der Waals surface area (Å²) in [5.74, 6) is 0.580. The summed E-state index contributed by atoms with van der Waals surface area (Å²) in [5.41, 5.74) is 6.58. The van der Waals surface area contributed by atoms with Crippen molar-refractivity contribution in [3.05, 3.63) is 58.8 Å². The third-order valence-corrected chi connectivity index (χ3v) is 7.35. The van der Waals surface area contributed by atoms with Crippen LogP contribution < -0.4 is 5.32 Å². The van der Waals surface area contributed by atoms with Crippen LogP contribution in [0.4, 0.5) is 0 Å². The first-order valence-electron chi connectivity index (χ1n) is 12.3. The lowest BCUT2D eigenvalue weighted by atomic mass is 10.1. The number of nitrogens with one attached hydrogen (secondary N) is 1. The molecule has 2 fully saturated rings. The summed E-state index contributed by atoms with van der Waals surface area (Å²) in [5, 5.41) is 8.16. The highest BCUT2D eigenvalue weighted by Gasteiger charge is 2.27. The predicted octanol–water partition coefficient (Wildman–Crippen LogP) is 3.72. The minimum absolute atomic E-state index is 0.155. The van der Waals surface area contributed by atoms with Crippen molar-refractivity contribution in [2.45, 2.75) is 77.3 Å². The molecule has 33 heavy (non-hydrogen) atoms. The molecule has 1 aliphatic carbocycles.